The summed E-state index contributed by atoms with van der Waals surface area (Å²) in [7, 11) is 0. The van der Waals surface area contributed by atoms with E-state index < -0.39 is 24.0 Å². The fourth-order valence-electron chi connectivity index (χ4n) is 3.03. The lowest BCUT2D eigenvalue weighted by molar-refractivity contribution is -0.274. The summed E-state index contributed by atoms with van der Waals surface area (Å²) in [5.41, 5.74) is 0.846. The number of aromatic nitrogens is 4. The molecule has 0 aliphatic heterocycles. The molecule has 0 unspecified atom stereocenters. The second-order valence-corrected chi connectivity index (χ2v) is 8.61. The van der Waals surface area contributed by atoms with Gasteiger partial charge in [-0.3, -0.25) is 9.59 Å². The molecule has 2 aromatic carbocycles. The third kappa shape index (κ3) is 5.82. The van der Waals surface area contributed by atoms with Crippen LogP contribution in [-0.4, -0.2) is 38.4 Å². The molecule has 0 atom stereocenters. The molecule has 0 aliphatic carbocycles. The van der Waals surface area contributed by atoms with Gasteiger partial charge in [-0.15, -0.1) is 18.3 Å². The fraction of sp³-hybridized carbons (Fsp3) is 0.227. The fourth-order valence-corrected chi connectivity index (χ4v) is 3.49. The van der Waals surface area contributed by atoms with Gasteiger partial charge in [0.15, 0.2) is 12.5 Å². The summed E-state index contributed by atoms with van der Waals surface area (Å²) in [6.07, 6.45) is -4.84. The van der Waals surface area contributed by atoms with Gasteiger partial charge < -0.3 is 19.2 Å². The molecule has 36 heavy (non-hydrogen) atoms. The number of hydrogen-bond acceptors (Lipinski definition) is 8. The average Bonchev–Trinajstić information content (AvgIpc) is 3.44. The van der Waals surface area contributed by atoms with Crippen molar-refractivity contribution in [3.05, 3.63) is 52.5 Å². The number of rotatable bonds is 7. The van der Waals surface area contributed by atoms with Crippen molar-refractivity contribution in [2.75, 3.05) is 5.32 Å². The van der Waals surface area contributed by atoms with E-state index in [4.69, 9.17) is 9.15 Å². The SMILES string of the molecule is CC(C)C(=O)OCn1nnnc1-c1cc2ccc(C(=O)Nc3ccc(OC(F)(F)F)c(Br)c3)cc2o1. The van der Waals surface area contributed by atoms with E-state index in [2.05, 4.69) is 41.5 Å². The van der Waals surface area contributed by atoms with E-state index in [0.29, 0.717) is 11.0 Å². The Kier molecular flexibility index (Phi) is 6.97. The summed E-state index contributed by atoms with van der Waals surface area (Å²) in [4.78, 5) is 24.4. The van der Waals surface area contributed by atoms with E-state index in [1.165, 1.54) is 22.9 Å². The molecule has 0 bridgehead atoms. The van der Waals surface area contributed by atoms with Crippen LogP contribution >= 0.6 is 15.9 Å². The van der Waals surface area contributed by atoms with Crippen LogP contribution in [0.2, 0.25) is 0 Å². The zero-order valence-electron chi connectivity index (χ0n) is 18.7. The Balaban J connectivity index is 1.50. The van der Waals surface area contributed by atoms with E-state index in [9.17, 15) is 22.8 Å². The van der Waals surface area contributed by atoms with Crippen molar-refractivity contribution in [3.8, 4) is 17.3 Å². The molecule has 4 rings (SSSR count). The average molecular weight is 568 g/mol. The van der Waals surface area contributed by atoms with Crippen LogP contribution in [0.3, 0.4) is 0 Å². The standard InChI is InChI=1S/C22H17BrF3N5O5/c1-11(2)21(33)34-10-31-19(28-29-30-31)18-7-12-3-4-13(8-17(12)35-18)20(32)27-14-5-6-16(15(23)9-14)36-22(24,25)26/h3-9,11H,10H2,1-2H3,(H,27,32). The zero-order chi connectivity index (χ0) is 26.0. The van der Waals surface area contributed by atoms with Crippen LogP contribution in [0.1, 0.15) is 24.2 Å². The molecule has 188 valence electrons. The minimum Gasteiger partial charge on any atom is -0.453 e. The number of carbonyl (C=O) groups is 2. The molecule has 2 aromatic heterocycles. The number of nitrogens with zero attached hydrogens (tertiary/aromatic N) is 4. The lowest BCUT2D eigenvalue weighted by atomic mass is 10.1. The van der Waals surface area contributed by atoms with E-state index in [0.717, 1.165) is 6.07 Å². The van der Waals surface area contributed by atoms with Crippen molar-refractivity contribution in [1.29, 1.82) is 0 Å². The highest BCUT2D eigenvalue weighted by Crippen LogP contribution is 2.33. The van der Waals surface area contributed by atoms with Crippen molar-refractivity contribution < 1.29 is 36.7 Å². The number of nitrogens with one attached hydrogen (secondary N) is 1. The summed E-state index contributed by atoms with van der Waals surface area (Å²) in [6.45, 7) is 3.20. The molecule has 0 aliphatic rings. The normalized spacial score (nSPS) is 11.6. The summed E-state index contributed by atoms with van der Waals surface area (Å²) < 4.78 is 53.5. The number of furan rings is 1. The highest BCUT2D eigenvalue weighted by atomic mass is 79.9. The molecule has 14 heteroatoms. The quantitative estimate of drug-likeness (QED) is 0.304. The Morgan fingerprint density at radius 3 is 2.64 bits per heavy atom. The number of carbonyl (C=O) groups excluding carboxylic acids is 2. The molecule has 10 nitrogen and oxygen atoms in total. The van der Waals surface area contributed by atoms with Crippen molar-refractivity contribution in [3.63, 3.8) is 0 Å². The number of tetrazole rings is 1. The smallest absolute Gasteiger partial charge is 0.453 e. The van der Waals surface area contributed by atoms with E-state index in [1.807, 2.05) is 0 Å². The Morgan fingerprint density at radius 1 is 1.17 bits per heavy atom. The first-order valence-electron chi connectivity index (χ1n) is 10.3. The Morgan fingerprint density at radius 2 is 1.94 bits per heavy atom. The predicted molar refractivity (Wildman–Crippen MR) is 123 cm³/mol. The molecule has 0 saturated heterocycles. The first-order valence-corrected chi connectivity index (χ1v) is 11.1. The molecule has 1 amide bonds. The summed E-state index contributed by atoms with van der Waals surface area (Å²) in [5.74, 6) is -1.17. The molecular formula is C22H17BrF3N5O5. The molecule has 0 saturated carbocycles. The second-order valence-electron chi connectivity index (χ2n) is 7.76. The number of halogens is 4. The van der Waals surface area contributed by atoms with Crippen molar-refractivity contribution in [2.24, 2.45) is 5.92 Å². The molecule has 2 heterocycles. The van der Waals surface area contributed by atoms with Gasteiger partial charge in [-0.05, 0) is 62.8 Å². The van der Waals surface area contributed by atoms with E-state index >= 15 is 0 Å². The number of esters is 1. The minimum absolute atomic E-state index is 0.0144. The van der Waals surface area contributed by atoms with Gasteiger partial charge in [0.1, 0.15) is 11.3 Å². The third-order valence-corrected chi connectivity index (χ3v) is 5.37. The van der Waals surface area contributed by atoms with Crippen LogP contribution in [0.15, 0.2) is 51.4 Å². The third-order valence-electron chi connectivity index (χ3n) is 4.75. The van der Waals surface area contributed by atoms with Crippen LogP contribution in [-0.2, 0) is 16.3 Å². The molecule has 0 fully saturated rings. The number of anilines is 1. The van der Waals surface area contributed by atoms with Gasteiger partial charge in [0.2, 0.25) is 5.82 Å². The maximum absolute atomic E-state index is 12.7. The summed E-state index contributed by atoms with van der Waals surface area (Å²) >= 11 is 2.99. The predicted octanol–water partition coefficient (Wildman–Crippen LogP) is 5.16. The van der Waals surface area contributed by atoms with Gasteiger partial charge in [-0.25, -0.2) is 0 Å². The lowest BCUT2D eigenvalue weighted by Gasteiger charge is -2.12. The van der Waals surface area contributed by atoms with Gasteiger partial charge in [-0.1, -0.05) is 19.9 Å². The summed E-state index contributed by atoms with van der Waals surface area (Å²) in [6, 6.07) is 10.0. The van der Waals surface area contributed by atoms with Crippen molar-refractivity contribution >= 4 is 44.5 Å². The monoisotopic (exact) mass is 567 g/mol. The van der Waals surface area contributed by atoms with Crippen LogP contribution in [0, 0.1) is 5.92 Å². The van der Waals surface area contributed by atoms with Gasteiger partial charge in [0, 0.05) is 16.6 Å². The number of hydrogen-bond donors (Lipinski definition) is 1. The van der Waals surface area contributed by atoms with Crippen LogP contribution in [0.4, 0.5) is 18.9 Å². The first-order chi connectivity index (χ1) is 17.0. The molecule has 0 radical (unpaired) electrons. The molecule has 1 N–H and O–H groups in total. The van der Waals surface area contributed by atoms with Crippen molar-refractivity contribution in [1.82, 2.24) is 20.2 Å². The Bertz CT molecular complexity index is 1430. The number of alkyl halides is 3. The largest absolute Gasteiger partial charge is 0.573 e. The maximum Gasteiger partial charge on any atom is 0.573 e. The molecule has 4 aromatic rings. The number of fused-ring (bicyclic) bond motifs is 1. The van der Waals surface area contributed by atoms with Crippen LogP contribution in [0.25, 0.3) is 22.6 Å². The van der Waals surface area contributed by atoms with Gasteiger partial charge in [0.05, 0.1) is 10.4 Å². The minimum atomic E-state index is -4.84. The summed E-state index contributed by atoms with van der Waals surface area (Å²) in [5, 5.41) is 14.6. The lowest BCUT2D eigenvalue weighted by Crippen LogP contribution is -2.17. The van der Waals surface area contributed by atoms with Gasteiger partial charge in [0.25, 0.3) is 5.91 Å². The number of amides is 1. The van der Waals surface area contributed by atoms with Crippen molar-refractivity contribution in [2.45, 2.75) is 26.9 Å². The van der Waals surface area contributed by atoms with Gasteiger partial charge in [-0.2, -0.15) is 4.68 Å². The highest BCUT2D eigenvalue weighted by Gasteiger charge is 2.32. The topological polar surface area (TPSA) is 121 Å². The Hall–Kier alpha value is -3.94. The molecular weight excluding hydrogens is 551 g/mol. The molecule has 0 spiro atoms. The second kappa shape index (κ2) is 9.97. The Labute approximate surface area is 209 Å². The highest BCUT2D eigenvalue weighted by molar-refractivity contribution is 9.10. The number of ether oxygens (including phenoxy) is 2. The van der Waals surface area contributed by atoms with Crippen LogP contribution < -0.4 is 10.1 Å². The number of benzene rings is 2. The van der Waals surface area contributed by atoms with Crippen LogP contribution in [0.5, 0.6) is 5.75 Å². The van der Waals surface area contributed by atoms with E-state index in [1.54, 1.807) is 32.0 Å². The zero-order valence-corrected chi connectivity index (χ0v) is 20.3. The first kappa shape index (κ1) is 25.2. The van der Waals surface area contributed by atoms with E-state index in [-0.39, 0.29) is 40.0 Å². The van der Waals surface area contributed by atoms with Gasteiger partial charge >= 0.3 is 12.3 Å². The maximum atomic E-state index is 12.7.